The Bertz CT molecular complexity index is 566. The first-order valence-electron chi connectivity index (χ1n) is 5.72. The molecule has 0 aliphatic rings. The molecule has 0 bridgehead atoms. The van der Waals surface area contributed by atoms with Gasteiger partial charge < -0.3 is 10.4 Å². The summed E-state index contributed by atoms with van der Waals surface area (Å²) >= 11 is 0. The normalized spacial score (nSPS) is 11.8. The minimum atomic E-state index is -0.980. The number of benzene rings is 1. The number of carbonyl (C=O) groups excluding carboxylic acids is 1. The fourth-order valence-electron chi connectivity index (χ4n) is 1.77. The van der Waals surface area contributed by atoms with Crippen molar-refractivity contribution in [3.63, 3.8) is 0 Å². The lowest BCUT2D eigenvalue weighted by atomic mass is 10.1. The summed E-state index contributed by atoms with van der Waals surface area (Å²) in [5.41, 5.74) is 1.52. The van der Waals surface area contributed by atoms with Crippen LogP contribution in [0.5, 0.6) is 0 Å². The van der Waals surface area contributed by atoms with Gasteiger partial charge in [-0.2, -0.15) is 5.10 Å². The van der Waals surface area contributed by atoms with Crippen molar-refractivity contribution < 1.29 is 14.7 Å². The molecule has 2 aromatic rings. The monoisotopic (exact) mass is 259 g/mol. The van der Waals surface area contributed by atoms with E-state index in [0.29, 0.717) is 12.0 Å². The number of carbonyl (C=O) groups is 2. The Morgan fingerprint density at radius 2 is 2.16 bits per heavy atom. The molecule has 2 rings (SSSR count). The van der Waals surface area contributed by atoms with E-state index < -0.39 is 12.0 Å². The molecular formula is C13H13N3O3. The van der Waals surface area contributed by atoms with Crippen molar-refractivity contribution in [3.05, 3.63) is 48.3 Å². The zero-order valence-electron chi connectivity index (χ0n) is 10.1. The van der Waals surface area contributed by atoms with Crippen LogP contribution in [0.2, 0.25) is 0 Å². The van der Waals surface area contributed by atoms with E-state index in [1.807, 2.05) is 30.3 Å². The molecule has 0 unspecified atom stereocenters. The van der Waals surface area contributed by atoms with Gasteiger partial charge in [-0.25, -0.2) is 4.68 Å². The SMILES string of the molecule is O=CN[C@@H](CC(=O)O)c1cnn(-c2ccccc2)c1. The largest absolute Gasteiger partial charge is 0.481 e. The number of hydrogen-bond acceptors (Lipinski definition) is 3. The molecule has 6 nitrogen and oxygen atoms in total. The van der Waals surface area contributed by atoms with Gasteiger partial charge in [-0.3, -0.25) is 9.59 Å². The fraction of sp³-hybridized carbons (Fsp3) is 0.154. The van der Waals surface area contributed by atoms with Gasteiger partial charge >= 0.3 is 5.97 Å². The summed E-state index contributed by atoms with van der Waals surface area (Å²) in [5, 5.41) is 15.5. The fourth-order valence-corrected chi connectivity index (χ4v) is 1.77. The number of para-hydroxylation sites is 1. The van der Waals surface area contributed by atoms with Gasteiger partial charge in [-0.05, 0) is 12.1 Å². The summed E-state index contributed by atoms with van der Waals surface area (Å²) < 4.78 is 1.64. The molecule has 1 aromatic heterocycles. The Labute approximate surface area is 109 Å². The van der Waals surface area contributed by atoms with E-state index >= 15 is 0 Å². The van der Waals surface area contributed by atoms with Crippen molar-refractivity contribution in [2.24, 2.45) is 0 Å². The lowest BCUT2D eigenvalue weighted by Gasteiger charge is -2.10. The maximum absolute atomic E-state index is 10.8. The van der Waals surface area contributed by atoms with E-state index in [4.69, 9.17) is 5.11 Å². The van der Waals surface area contributed by atoms with E-state index in [1.54, 1.807) is 17.1 Å². The first kappa shape index (κ1) is 12.8. The van der Waals surface area contributed by atoms with Crippen LogP contribution in [0.15, 0.2) is 42.7 Å². The van der Waals surface area contributed by atoms with Crippen LogP contribution < -0.4 is 5.32 Å². The van der Waals surface area contributed by atoms with Gasteiger partial charge in [0.05, 0.1) is 24.3 Å². The minimum absolute atomic E-state index is 0.181. The molecule has 0 radical (unpaired) electrons. The average molecular weight is 259 g/mol. The number of rotatable bonds is 6. The molecule has 2 N–H and O–H groups in total. The van der Waals surface area contributed by atoms with Crippen LogP contribution in [0, 0.1) is 0 Å². The van der Waals surface area contributed by atoms with Crippen molar-refractivity contribution in [2.75, 3.05) is 0 Å². The zero-order valence-corrected chi connectivity index (χ0v) is 10.1. The molecule has 0 aliphatic carbocycles. The van der Waals surface area contributed by atoms with Crippen LogP contribution in [0.3, 0.4) is 0 Å². The Morgan fingerprint density at radius 1 is 1.42 bits per heavy atom. The highest BCUT2D eigenvalue weighted by Crippen LogP contribution is 2.17. The highest BCUT2D eigenvalue weighted by Gasteiger charge is 2.16. The van der Waals surface area contributed by atoms with Gasteiger partial charge in [0.1, 0.15) is 0 Å². The first-order valence-corrected chi connectivity index (χ1v) is 5.72. The van der Waals surface area contributed by atoms with Gasteiger partial charge in [0.2, 0.25) is 6.41 Å². The molecule has 1 atom stereocenters. The number of aromatic nitrogens is 2. The predicted molar refractivity (Wildman–Crippen MR) is 67.8 cm³/mol. The highest BCUT2D eigenvalue weighted by atomic mass is 16.4. The number of nitrogens with zero attached hydrogens (tertiary/aromatic N) is 2. The Balaban J connectivity index is 2.23. The summed E-state index contributed by atoms with van der Waals surface area (Å²) in [7, 11) is 0. The van der Waals surface area contributed by atoms with Gasteiger partial charge in [0, 0.05) is 11.8 Å². The predicted octanol–water partition coefficient (Wildman–Crippen LogP) is 1.13. The minimum Gasteiger partial charge on any atom is -0.481 e. The van der Waals surface area contributed by atoms with Crippen LogP contribution >= 0.6 is 0 Å². The van der Waals surface area contributed by atoms with Crippen molar-refractivity contribution in [3.8, 4) is 5.69 Å². The standard InChI is InChI=1S/C13H13N3O3/c17-9-14-12(6-13(18)19)10-7-15-16(8-10)11-4-2-1-3-5-11/h1-5,7-9,12H,6H2,(H,14,17)(H,18,19)/t12-/m0/s1. The molecule has 98 valence electrons. The molecule has 0 saturated heterocycles. The summed E-state index contributed by atoms with van der Waals surface area (Å²) in [4.78, 5) is 21.3. The molecule has 0 spiro atoms. The number of hydrogen-bond donors (Lipinski definition) is 2. The summed E-state index contributed by atoms with van der Waals surface area (Å²) in [6.45, 7) is 0. The number of amides is 1. The number of carboxylic acids is 1. The zero-order chi connectivity index (χ0) is 13.7. The van der Waals surface area contributed by atoms with E-state index in [0.717, 1.165) is 5.69 Å². The second-order valence-electron chi connectivity index (χ2n) is 3.99. The lowest BCUT2D eigenvalue weighted by Crippen LogP contribution is -2.22. The molecule has 0 fully saturated rings. The number of nitrogens with one attached hydrogen (secondary N) is 1. The van der Waals surface area contributed by atoms with E-state index in [-0.39, 0.29) is 6.42 Å². The van der Waals surface area contributed by atoms with Crippen LogP contribution in [-0.2, 0) is 9.59 Å². The maximum Gasteiger partial charge on any atom is 0.305 e. The second kappa shape index (κ2) is 5.81. The molecule has 0 saturated carbocycles. The van der Waals surface area contributed by atoms with Crippen LogP contribution in [0.1, 0.15) is 18.0 Å². The Morgan fingerprint density at radius 3 is 2.79 bits per heavy atom. The highest BCUT2D eigenvalue weighted by molar-refractivity contribution is 5.68. The molecule has 1 aromatic carbocycles. The van der Waals surface area contributed by atoms with E-state index in [9.17, 15) is 9.59 Å². The molecule has 1 heterocycles. The third-order valence-corrected chi connectivity index (χ3v) is 2.67. The lowest BCUT2D eigenvalue weighted by molar-refractivity contribution is -0.137. The molecule has 19 heavy (non-hydrogen) atoms. The average Bonchev–Trinajstić information content (AvgIpc) is 2.88. The van der Waals surface area contributed by atoms with Crippen LogP contribution in [0.25, 0.3) is 5.69 Å². The van der Waals surface area contributed by atoms with Crippen molar-refractivity contribution >= 4 is 12.4 Å². The number of aliphatic carboxylic acids is 1. The van der Waals surface area contributed by atoms with Crippen molar-refractivity contribution in [1.82, 2.24) is 15.1 Å². The van der Waals surface area contributed by atoms with Gasteiger partial charge in [-0.1, -0.05) is 18.2 Å². The molecule has 0 aliphatic heterocycles. The molecule has 1 amide bonds. The van der Waals surface area contributed by atoms with Crippen molar-refractivity contribution in [1.29, 1.82) is 0 Å². The van der Waals surface area contributed by atoms with E-state index in [1.165, 1.54) is 0 Å². The second-order valence-corrected chi connectivity index (χ2v) is 3.99. The van der Waals surface area contributed by atoms with Gasteiger partial charge in [0.25, 0.3) is 0 Å². The van der Waals surface area contributed by atoms with Crippen LogP contribution in [-0.4, -0.2) is 27.3 Å². The number of carboxylic acid groups (broad SMARTS) is 1. The Kier molecular flexibility index (Phi) is 3.92. The first-order chi connectivity index (χ1) is 9.20. The van der Waals surface area contributed by atoms with E-state index in [2.05, 4.69) is 10.4 Å². The van der Waals surface area contributed by atoms with Gasteiger partial charge in [0.15, 0.2) is 0 Å². The summed E-state index contributed by atoms with van der Waals surface area (Å²) in [6.07, 6.45) is 3.57. The third-order valence-electron chi connectivity index (χ3n) is 2.67. The van der Waals surface area contributed by atoms with Gasteiger partial charge in [-0.15, -0.1) is 0 Å². The summed E-state index contributed by atoms with van der Waals surface area (Å²) in [5.74, 6) is -0.980. The van der Waals surface area contributed by atoms with Crippen LogP contribution in [0.4, 0.5) is 0 Å². The quantitative estimate of drug-likeness (QED) is 0.762. The Hall–Kier alpha value is -2.63. The topological polar surface area (TPSA) is 84.2 Å². The van der Waals surface area contributed by atoms with Crippen molar-refractivity contribution in [2.45, 2.75) is 12.5 Å². The maximum atomic E-state index is 10.8. The molecular weight excluding hydrogens is 246 g/mol. The third kappa shape index (κ3) is 3.19. The molecule has 6 heteroatoms. The smallest absolute Gasteiger partial charge is 0.305 e. The summed E-state index contributed by atoms with van der Waals surface area (Å²) in [6, 6.07) is 8.86.